The molecule has 4 aromatic rings. The minimum Gasteiger partial charge on any atom is -0.349 e. The summed E-state index contributed by atoms with van der Waals surface area (Å²) in [6.07, 6.45) is 0.968. The SMILES string of the molecule is CCn1c(CNC(=O)CCc2c(C)nc3c4ccccc4nn3c2C)n[nH]c1=S. The van der Waals surface area contributed by atoms with Crippen molar-refractivity contribution in [2.24, 2.45) is 0 Å². The van der Waals surface area contributed by atoms with Gasteiger partial charge in [0.05, 0.1) is 12.1 Å². The fourth-order valence-corrected chi connectivity index (χ4v) is 3.93. The zero-order valence-electron chi connectivity index (χ0n) is 16.7. The molecule has 0 bridgehead atoms. The van der Waals surface area contributed by atoms with Gasteiger partial charge in [0.2, 0.25) is 5.91 Å². The molecule has 3 aromatic heterocycles. The smallest absolute Gasteiger partial charge is 0.220 e. The number of aromatic nitrogens is 6. The molecule has 0 saturated carbocycles. The Morgan fingerprint density at radius 1 is 1.28 bits per heavy atom. The van der Waals surface area contributed by atoms with Crippen LogP contribution in [0.3, 0.4) is 0 Å². The summed E-state index contributed by atoms with van der Waals surface area (Å²) in [6, 6.07) is 7.98. The maximum Gasteiger partial charge on any atom is 0.220 e. The van der Waals surface area contributed by atoms with E-state index in [1.165, 1.54) is 0 Å². The van der Waals surface area contributed by atoms with Crippen LogP contribution in [0.25, 0.3) is 16.6 Å². The Hall–Kier alpha value is -3.07. The standard InChI is InChI=1S/C20H23N7OS/c1-4-26-17(23-24-20(26)29)11-21-18(28)10-9-14-12(2)22-19-15-7-5-6-8-16(15)25-27(19)13(14)3/h5-8H,4,9-11H2,1-3H3,(H,21,28)(H,24,29). The predicted octanol–water partition coefficient (Wildman–Crippen LogP) is 3.02. The fraction of sp³-hybridized carbons (Fsp3) is 0.350. The van der Waals surface area contributed by atoms with Gasteiger partial charge in [-0.15, -0.1) is 0 Å². The maximum atomic E-state index is 12.4. The van der Waals surface area contributed by atoms with Crippen LogP contribution in [0.15, 0.2) is 24.3 Å². The van der Waals surface area contributed by atoms with Crippen LogP contribution in [-0.4, -0.2) is 35.3 Å². The van der Waals surface area contributed by atoms with Crippen molar-refractivity contribution < 1.29 is 4.79 Å². The highest BCUT2D eigenvalue weighted by Gasteiger charge is 2.15. The Labute approximate surface area is 173 Å². The largest absolute Gasteiger partial charge is 0.349 e. The molecule has 2 N–H and O–H groups in total. The Balaban J connectivity index is 1.49. The van der Waals surface area contributed by atoms with Crippen LogP contribution in [0, 0.1) is 18.6 Å². The third kappa shape index (κ3) is 3.53. The first-order valence-electron chi connectivity index (χ1n) is 9.64. The Bertz CT molecular complexity index is 1270. The minimum absolute atomic E-state index is 0.0360. The molecule has 0 aliphatic carbocycles. The number of aromatic amines is 1. The third-order valence-corrected chi connectivity index (χ3v) is 5.53. The van der Waals surface area contributed by atoms with Crippen molar-refractivity contribution in [1.29, 1.82) is 0 Å². The van der Waals surface area contributed by atoms with Gasteiger partial charge in [0, 0.05) is 29.7 Å². The summed E-state index contributed by atoms with van der Waals surface area (Å²) >= 11 is 5.18. The summed E-state index contributed by atoms with van der Waals surface area (Å²) < 4.78 is 4.31. The molecule has 8 nitrogen and oxygen atoms in total. The number of hydrogen-bond donors (Lipinski definition) is 2. The van der Waals surface area contributed by atoms with Gasteiger partial charge in [-0.2, -0.15) is 10.2 Å². The van der Waals surface area contributed by atoms with E-state index in [2.05, 4.69) is 20.6 Å². The van der Waals surface area contributed by atoms with Crippen molar-refractivity contribution >= 4 is 34.7 Å². The van der Waals surface area contributed by atoms with Gasteiger partial charge in [-0.1, -0.05) is 12.1 Å². The first-order chi connectivity index (χ1) is 14.0. The molecular formula is C20H23N7OS. The number of nitrogens with zero attached hydrogens (tertiary/aromatic N) is 5. The quantitative estimate of drug-likeness (QED) is 0.478. The van der Waals surface area contributed by atoms with E-state index < -0.39 is 0 Å². The fourth-order valence-electron chi connectivity index (χ4n) is 3.65. The average molecular weight is 410 g/mol. The molecule has 150 valence electrons. The van der Waals surface area contributed by atoms with Crippen molar-refractivity contribution in [1.82, 2.24) is 34.7 Å². The van der Waals surface area contributed by atoms with Crippen molar-refractivity contribution in [2.45, 2.75) is 46.7 Å². The predicted molar refractivity (Wildman–Crippen MR) is 113 cm³/mol. The average Bonchev–Trinajstić information content (AvgIpc) is 3.26. The van der Waals surface area contributed by atoms with Crippen molar-refractivity contribution in [3.8, 4) is 0 Å². The number of fused-ring (bicyclic) bond motifs is 3. The number of benzene rings is 1. The van der Waals surface area contributed by atoms with E-state index in [0.29, 0.717) is 30.7 Å². The highest BCUT2D eigenvalue weighted by molar-refractivity contribution is 7.71. The molecule has 0 fully saturated rings. The number of carbonyl (C=O) groups excluding carboxylic acids is 1. The lowest BCUT2D eigenvalue weighted by atomic mass is 10.1. The minimum atomic E-state index is -0.0360. The number of amides is 1. The summed E-state index contributed by atoms with van der Waals surface area (Å²) in [7, 11) is 0. The van der Waals surface area contributed by atoms with Crippen molar-refractivity contribution in [3.05, 3.63) is 51.8 Å². The highest BCUT2D eigenvalue weighted by Crippen LogP contribution is 2.22. The van der Waals surface area contributed by atoms with E-state index in [4.69, 9.17) is 17.2 Å². The maximum absolute atomic E-state index is 12.4. The number of carbonyl (C=O) groups is 1. The second kappa shape index (κ2) is 7.75. The summed E-state index contributed by atoms with van der Waals surface area (Å²) in [5.41, 5.74) is 4.77. The Morgan fingerprint density at radius 2 is 2.07 bits per heavy atom. The Morgan fingerprint density at radius 3 is 2.86 bits per heavy atom. The number of hydrogen-bond acceptors (Lipinski definition) is 5. The molecule has 1 aromatic carbocycles. The van der Waals surface area contributed by atoms with Gasteiger partial charge >= 0.3 is 0 Å². The van der Waals surface area contributed by atoms with Crippen molar-refractivity contribution in [2.75, 3.05) is 0 Å². The van der Waals surface area contributed by atoms with E-state index in [1.807, 2.05) is 54.1 Å². The second-order valence-corrected chi connectivity index (χ2v) is 7.37. The number of H-pyrrole nitrogens is 1. The summed E-state index contributed by atoms with van der Waals surface area (Å²) in [6.45, 7) is 7.06. The van der Waals surface area contributed by atoms with Crippen LogP contribution in [0.4, 0.5) is 0 Å². The second-order valence-electron chi connectivity index (χ2n) is 6.98. The van der Waals surface area contributed by atoms with Gasteiger partial charge in [0.15, 0.2) is 16.2 Å². The molecular weight excluding hydrogens is 386 g/mol. The normalized spacial score (nSPS) is 11.4. The molecule has 0 saturated heterocycles. The van der Waals surface area contributed by atoms with Crippen LogP contribution in [0.1, 0.15) is 36.1 Å². The van der Waals surface area contributed by atoms with E-state index in [1.54, 1.807) is 0 Å². The molecule has 1 amide bonds. The molecule has 3 heterocycles. The van der Waals surface area contributed by atoms with E-state index >= 15 is 0 Å². The molecule has 0 unspecified atom stereocenters. The summed E-state index contributed by atoms with van der Waals surface area (Å²) in [5, 5.41) is 15.6. The summed E-state index contributed by atoms with van der Waals surface area (Å²) in [4.78, 5) is 17.2. The zero-order valence-corrected chi connectivity index (χ0v) is 17.5. The van der Waals surface area contributed by atoms with Crippen LogP contribution >= 0.6 is 12.2 Å². The zero-order chi connectivity index (χ0) is 20.5. The molecule has 0 spiro atoms. The van der Waals surface area contributed by atoms with Gasteiger partial charge in [0.1, 0.15) is 0 Å². The number of nitrogens with one attached hydrogen (secondary N) is 2. The lowest BCUT2D eigenvalue weighted by Crippen LogP contribution is -2.25. The molecule has 9 heteroatoms. The van der Waals surface area contributed by atoms with E-state index in [9.17, 15) is 4.79 Å². The van der Waals surface area contributed by atoms with Crippen molar-refractivity contribution in [3.63, 3.8) is 0 Å². The molecule has 0 radical (unpaired) electrons. The molecule has 4 rings (SSSR count). The first-order valence-corrected chi connectivity index (χ1v) is 10.0. The molecule has 0 atom stereocenters. The first kappa shape index (κ1) is 19.3. The number of rotatable bonds is 6. The van der Waals surface area contributed by atoms with Gasteiger partial charge < -0.3 is 9.88 Å². The summed E-state index contributed by atoms with van der Waals surface area (Å²) in [5.74, 6) is 0.690. The van der Waals surface area contributed by atoms with E-state index in [0.717, 1.165) is 39.3 Å². The third-order valence-electron chi connectivity index (χ3n) is 5.22. The van der Waals surface area contributed by atoms with Gasteiger partial charge in [-0.05, 0) is 57.1 Å². The lowest BCUT2D eigenvalue weighted by molar-refractivity contribution is -0.121. The molecule has 29 heavy (non-hydrogen) atoms. The monoisotopic (exact) mass is 409 g/mol. The van der Waals surface area contributed by atoms with Gasteiger partial charge in [-0.3, -0.25) is 9.89 Å². The highest BCUT2D eigenvalue weighted by atomic mass is 32.1. The van der Waals surface area contributed by atoms with Crippen LogP contribution in [0.2, 0.25) is 0 Å². The van der Waals surface area contributed by atoms with Crippen LogP contribution < -0.4 is 5.32 Å². The van der Waals surface area contributed by atoms with Gasteiger partial charge in [0.25, 0.3) is 0 Å². The van der Waals surface area contributed by atoms with E-state index in [-0.39, 0.29) is 5.91 Å². The molecule has 0 aliphatic rings. The van der Waals surface area contributed by atoms with Crippen LogP contribution in [-0.2, 0) is 24.3 Å². The number of aryl methyl sites for hydroxylation is 2. The Kier molecular flexibility index (Phi) is 5.14. The lowest BCUT2D eigenvalue weighted by Gasteiger charge is -2.11. The topological polar surface area (TPSA) is 92.9 Å². The van der Waals surface area contributed by atoms with Gasteiger partial charge in [-0.25, -0.2) is 9.50 Å². The van der Waals surface area contributed by atoms with Crippen LogP contribution in [0.5, 0.6) is 0 Å². The molecule has 0 aliphatic heterocycles.